The highest BCUT2D eigenvalue weighted by molar-refractivity contribution is 7.92. The van der Waals surface area contributed by atoms with Crippen LogP contribution in [0.25, 0.3) is 0 Å². The predicted octanol–water partition coefficient (Wildman–Crippen LogP) is 1.68. The Kier molecular flexibility index (Phi) is 4.06. The van der Waals surface area contributed by atoms with Crippen LogP contribution in [0.3, 0.4) is 0 Å². The van der Waals surface area contributed by atoms with Gasteiger partial charge < -0.3 is 5.11 Å². The van der Waals surface area contributed by atoms with Gasteiger partial charge in [0.2, 0.25) is 10.0 Å². The summed E-state index contributed by atoms with van der Waals surface area (Å²) in [6.07, 6.45) is 0.382. The normalized spacial score (nSPS) is 11.2. The summed E-state index contributed by atoms with van der Waals surface area (Å²) in [5.41, 5.74) is -0.932. The zero-order valence-electron chi connectivity index (χ0n) is 9.10. The number of sulfonamides is 1. The van der Waals surface area contributed by atoms with Crippen LogP contribution in [-0.2, 0) is 10.0 Å². The number of carboxylic acid groups (broad SMARTS) is 1. The lowest BCUT2D eigenvalue weighted by molar-refractivity contribution is 0.0693. The van der Waals surface area contributed by atoms with E-state index in [1.54, 1.807) is 6.92 Å². The fraction of sp³-hybridized carbons (Fsp3) is 0.300. The minimum Gasteiger partial charge on any atom is -0.478 e. The van der Waals surface area contributed by atoms with Gasteiger partial charge in [-0.05, 0) is 18.6 Å². The molecule has 0 radical (unpaired) electrons. The fourth-order valence-electron chi connectivity index (χ4n) is 1.31. The van der Waals surface area contributed by atoms with Crippen molar-refractivity contribution in [1.29, 1.82) is 0 Å². The van der Waals surface area contributed by atoms with Crippen LogP contribution in [0, 0.1) is 5.82 Å². The van der Waals surface area contributed by atoms with Gasteiger partial charge >= 0.3 is 5.97 Å². The van der Waals surface area contributed by atoms with Crippen molar-refractivity contribution in [2.45, 2.75) is 13.3 Å². The van der Waals surface area contributed by atoms with Crippen molar-refractivity contribution in [1.82, 2.24) is 0 Å². The molecular formula is C10H12FNO4S. The molecular weight excluding hydrogens is 249 g/mol. The number of carboxylic acids is 1. The molecule has 1 aromatic carbocycles. The molecule has 0 aliphatic rings. The first-order valence-electron chi connectivity index (χ1n) is 4.89. The minimum atomic E-state index is -3.64. The van der Waals surface area contributed by atoms with Gasteiger partial charge in [-0.3, -0.25) is 4.72 Å². The van der Waals surface area contributed by atoms with E-state index in [4.69, 9.17) is 5.11 Å². The highest BCUT2D eigenvalue weighted by atomic mass is 32.2. The molecule has 94 valence electrons. The number of rotatable bonds is 5. The van der Waals surface area contributed by atoms with E-state index >= 15 is 0 Å². The number of anilines is 1. The van der Waals surface area contributed by atoms with Crippen LogP contribution in [0.4, 0.5) is 10.1 Å². The van der Waals surface area contributed by atoms with E-state index in [-0.39, 0.29) is 11.4 Å². The van der Waals surface area contributed by atoms with Crippen molar-refractivity contribution >= 4 is 21.7 Å². The zero-order valence-corrected chi connectivity index (χ0v) is 9.92. The molecule has 5 nitrogen and oxygen atoms in total. The first-order valence-corrected chi connectivity index (χ1v) is 6.55. The van der Waals surface area contributed by atoms with Gasteiger partial charge in [-0.2, -0.15) is 0 Å². The number of aromatic carboxylic acids is 1. The Morgan fingerprint density at radius 2 is 2.12 bits per heavy atom. The van der Waals surface area contributed by atoms with Crippen LogP contribution in [0.5, 0.6) is 0 Å². The van der Waals surface area contributed by atoms with Crippen molar-refractivity contribution in [2.24, 2.45) is 0 Å². The summed E-state index contributed by atoms with van der Waals surface area (Å²) in [5.74, 6) is -2.64. The van der Waals surface area contributed by atoms with E-state index in [1.165, 1.54) is 12.1 Å². The summed E-state index contributed by atoms with van der Waals surface area (Å²) in [4.78, 5) is 10.8. The van der Waals surface area contributed by atoms with E-state index in [0.717, 1.165) is 6.07 Å². The molecule has 0 unspecified atom stereocenters. The van der Waals surface area contributed by atoms with Gasteiger partial charge in [0.1, 0.15) is 11.4 Å². The summed E-state index contributed by atoms with van der Waals surface area (Å²) in [6, 6.07) is 3.41. The van der Waals surface area contributed by atoms with Gasteiger partial charge in [0.25, 0.3) is 0 Å². The number of benzene rings is 1. The fourth-order valence-corrected chi connectivity index (χ4v) is 2.46. The molecule has 0 bridgehead atoms. The van der Waals surface area contributed by atoms with E-state index in [2.05, 4.69) is 4.72 Å². The maximum absolute atomic E-state index is 13.2. The third-order valence-electron chi connectivity index (χ3n) is 1.97. The second-order valence-electron chi connectivity index (χ2n) is 3.39. The maximum Gasteiger partial charge on any atom is 0.340 e. The molecule has 17 heavy (non-hydrogen) atoms. The van der Waals surface area contributed by atoms with Crippen molar-refractivity contribution in [3.8, 4) is 0 Å². The largest absolute Gasteiger partial charge is 0.478 e. The van der Waals surface area contributed by atoms with Crippen LogP contribution in [0.2, 0.25) is 0 Å². The van der Waals surface area contributed by atoms with Crippen molar-refractivity contribution in [3.63, 3.8) is 0 Å². The van der Waals surface area contributed by atoms with Crippen LogP contribution in [0.1, 0.15) is 23.7 Å². The Bertz CT molecular complexity index is 527. The molecule has 1 aromatic rings. The zero-order chi connectivity index (χ0) is 13.1. The molecule has 2 N–H and O–H groups in total. The Labute approximate surface area is 98.3 Å². The number of hydrogen-bond acceptors (Lipinski definition) is 3. The molecule has 0 aliphatic heterocycles. The topological polar surface area (TPSA) is 83.5 Å². The molecule has 0 aromatic heterocycles. The Balaban J connectivity index is 3.16. The number of halogens is 1. The highest BCUT2D eigenvalue weighted by Gasteiger charge is 2.19. The average molecular weight is 261 g/mol. The molecule has 1 rings (SSSR count). The molecule has 0 aliphatic carbocycles. The lowest BCUT2D eigenvalue weighted by Gasteiger charge is -2.10. The Morgan fingerprint density at radius 3 is 2.65 bits per heavy atom. The Morgan fingerprint density at radius 1 is 1.47 bits per heavy atom. The molecule has 0 atom stereocenters. The van der Waals surface area contributed by atoms with Crippen LogP contribution in [-0.4, -0.2) is 25.2 Å². The summed E-state index contributed by atoms with van der Waals surface area (Å²) < 4.78 is 38.2. The SMILES string of the molecule is CCCS(=O)(=O)Nc1cccc(F)c1C(=O)O. The average Bonchev–Trinajstić information content (AvgIpc) is 2.15. The van der Waals surface area contributed by atoms with Gasteiger partial charge in [-0.25, -0.2) is 17.6 Å². The molecule has 0 spiro atoms. The van der Waals surface area contributed by atoms with Crippen molar-refractivity contribution in [2.75, 3.05) is 10.5 Å². The summed E-state index contributed by atoms with van der Waals surface area (Å²) in [6.45, 7) is 1.67. The lowest BCUT2D eigenvalue weighted by atomic mass is 10.2. The van der Waals surface area contributed by atoms with Gasteiger partial charge in [0, 0.05) is 0 Å². The molecule has 0 amide bonds. The van der Waals surface area contributed by atoms with E-state index in [1.807, 2.05) is 0 Å². The van der Waals surface area contributed by atoms with E-state index in [9.17, 15) is 17.6 Å². The van der Waals surface area contributed by atoms with Crippen LogP contribution in [0.15, 0.2) is 18.2 Å². The van der Waals surface area contributed by atoms with Crippen LogP contribution >= 0.6 is 0 Å². The lowest BCUT2D eigenvalue weighted by Crippen LogP contribution is -2.18. The molecule has 0 saturated heterocycles. The maximum atomic E-state index is 13.2. The van der Waals surface area contributed by atoms with Crippen molar-refractivity contribution < 1.29 is 22.7 Å². The molecule has 7 heteroatoms. The van der Waals surface area contributed by atoms with Crippen LogP contribution < -0.4 is 4.72 Å². The first kappa shape index (κ1) is 13.4. The standard InChI is InChI=1S/C10H12FNO4S/c1-2-6-17(15,16)12-8-5-3-4-7(11)9(8)10(13)14/h3-5,12H,2,6H2,1H3,(H,13,14). The predicted molar refractivity (Wildman–Crippen MR) is 61.1 cm³/mol. The van der Waals surface area contributed by atoms with Crippen molar-refractivity contribution in [3.05, 3.63) is 29.6 Å². The number of nitrogens with one attached hydrogen (secondary N) is 1. The quantitative estimate of drug-likeness (QED) is 0.844. The van der Waals surface area contributed by atoms with Gasteiger partial charge in [0.15, 0.2) is 0 Å². The minimum absolute atomic E-state index is 0.150. The summed E-state index contributed by atoms with van der Waals surface area (Å²) >= 11 is 0. The third-order valence-corrected chi connectivity index (χ3v) is 3.44. The number of hydrogen-bond donors (Lipinski definition) is 2. The molecule has 0 heterocycles. The van der Waals surface area contributed by atoms with Gasteiger partial charge in [-0.1, -0.05) is 13.0 Å². The Hall–Kier alpha value is -1.63. The monoisotopic (exact) mass is 261 g/mol. The van der Waals surface area contributed by atoms with Gasteiger partial charge in [-0.15, -0.1) is 0 Å². The summed E-state index contributed by atoms with van der Waals surface area (Å²) in [7, 11) is -3.64. The smallest absolute Gasteiger partial charge is 0.340 e. The van der Waals surface area contributed by atoms with E-state index in [0.29, 0.717) is 6.42 Å². The summed E-state index contributed by atoms with van der Waals surface area (Å²) in [5, 5.41) is 8.80. The molecule has 0 fully saturated rings. The van der Waals surface area contributed by atoms with E-state index < -0.39 is 27.4 Å². The van der Waals surface area contributed by atoms with Gasteiger partial charge in [0.05, 0.1) is 11.4 Å². The second kappa shape index (κ2) is 5.13. The number of carbonyl (C=O) groups is 1. The second-order valence-corrected chi connectivity index (χ2v) is 5.23. The first-order chi connectivity index (χ1) is 7.87. The third kappa shape index (κ3) is 3.42. The highest BCUT2D eigenvalue weighted by Crippen LogP contribution is 2.20. The molecule has 0 saturated carbocycles.